The summed E-state index contributed by atoms with van der Waals surface area (Å²) in [4.78, 5) is 60.6. The zero-order valence-corrected chi connectivity index (χ0v) is 24.3. The lowest BCUT2D eigenvalue weighted by atomic mass is 9.56. The Kier molecular flexibility index (Phi) is 7.24. The number of hydrogen-bond acceptors (Lipinski definition) is 6. The number of likely N-dealkylation sites (tertiary alicyclic amines) is 1. The average Bonchev–Trinajstić information content (AvgIpc) is 3.34. The number of para-hydroxylation sites is 1. The van der Waals surface area contributed by atoms with Crippen LogP contribution in [-0.4, -0.2) is 61.0 Å². The van der Waals surface area contributed by atoms with E-state index in [0.717, 1.165) is 18.2 Å². The van der Waals surface area contributed by atoms with Crippen LogP contribution in [-0.2, 0) is 24.0 Å². The molecule has 2 saturated heterocycles. The smallest absolute Gasteiger partial charge is 0.305 e. The summed E-state index contributed by atoms with van der Waals surface area (Å²) in [5.41, 5.74) is -2.46. The maximum Gasteiger partial charge on any atom is 0.305 e. The number of anilines is 1. The number of carbonyl (C=O) groups excluding carboxylic acids is 4. The third kappa shape index (κ3) is 3.93. The molecule has 2 aromatic rings. The van der Waals surface area contributed by atoms with Crippen LogP contribution in [0.15, 0.2) is 29.8 Å². The van der Waals surface area contributed by atoms with Gasteiger partial charge in [-0.25, -0.2) is 31.2 Å². The number of alkyl halides is 2. The Labute approximate surface area is 263 Å². The molecule has 0 unspecified atom stereocenters. The SMILES string of the molecule is O=C(O)CCN1C(=O)[C@H]2[C@H](CC=C3[C@H]2C[C@@]2(Cl)C(=O)N(c4c(F)c(F)c(F)c(F)c4F)C(=O)[C@@]2(Cl)[C@H]3c2cccc(F)c2O)C1=O. The second kappa shape index (κ2) is 10.5. The van der Waals surface area contributed by atoms with E-state index in [4.69, 9.17) is 28.3 Å². The lowest BCUT2D eigenvalue weighted by Crippen LogP contribution is -2.60. The lowest BCUT2D eigenvalue weighted by molar-refractivity contribution is -0.142. The third-order valence-electron chi connectivity index (χ3n) is 9.19. The van der Waals surface area contributed by atoms with E-state index >= 15 is 8.78 Å². The van der Waals surface area contributed by atoms with Crippen LogP contribution in [0, 0.1) is 52.7 Å². The molecule has 6 rings (SSSR count). The van der Waals surface area contributed by atoms with Crippen molar-refractivity contribution in [3.8, 4) is 5.75 Å². The molecular weight excluding hydrogens is 673 g/mol. The van der Waals surface area contributed by atoms with Crippen molar-refractivity contribution < 1.29 is 60.5 Å². The van der Waals surface area contributed by atoms with Crippen LogP contribution in [0.1, 0.15) is 30.7 Å². The molecule has 2 N–H and O–H groups in total. The summed E-state index contributed by atoms with van der Waals surface area (Å²) in [6.45, 7) is -0.507. The van der Waals surface area contributed by atoms with E-state index in [9.17, 15) is 46.6 Å². The Morgan fingerprint density at radius 1 is 0.891 bits per heavy atom. The summed E-state index contributed by atoms with van der Waals surface area (Å²) in [5.74, 6) is -27.1. The van der Waals surface area contributed by atoms with Gasteiger partial charge in [-0.3, -0.25) is 28.9 Å². The van der Waals surface area contributed by atoms with E-state index in [0.29, 0.717) is 4.90 Å². The predicted molar refractivity (Wildman–Crippen MR) is 143 cm³/mol. The number of benzene rings is 2. The standard InChI is InChI=1S/C29H18Cl2F6N2O7/c30-28-8-12-9(4-5-10-15(12)25(44)38(24(10)43)7-6-14(40)41)16(11-2-1-3-13(32)23(11)42)29(28,31)27(46)39(26(28)45)22-20(36)18(34)17(33)19(35)21(22)37/h1-4,10,12,15-16,42H,5-8H2,(H,40,41)/t10-,12+,15-,16+,28+,29-/m0/s1. The number of carboxylic acids is 1. The number of carbonyl (C=O) groups is 5. The van der Waals surface area contributed by atoms with Crippen LogP contribution >= 0.6 is 23.2 Å². The monoisotopic (exact) mass is 690 g/mol. The molecule has 0 aromatic heterocycles. The molecular formula is C29H18Cl2F6N2O7. The van der Waals surface area contributed by atoms with Crippen molar-refractivity contribution in [3.05, 3.63) is 70.3 Å². The van der Waals surface area contributed by atoms with Gasteiger partial charge >= 0.3 is 5.97 Å². The molecule has 2 heterocycles. The van der Waals surface area contributed by atoms with Crippen molar-refractivity contribution in [3.63, 3.8) is 0 Å². The fourth-order valence-corrected chi connectivity index (χ4v) is 8.10. The molecule has 1 saturated carbocycles. The second-order valence-corrected chi connectivity index (χ2v) is 12.6. The molecule has 2 aromatic carbocycles. The number of imide groups is 2. The molecule has 2 aliphatic carbocycles. The Balaban J connectivity index is 1.58. The van der Waals surface area contributed by atoms with E-state index in [2.05, 4.69) is 0 Å². The Bertz CT molecular complexity index is 1810. The number of phenols is 1. The molecule has 17 heteroatoms. The fourth-order valence-electron chi connectivity index (χ4n) is 7.17. The number of amides is 4. The van der Waals surface area contributed by atoms with Gasteiger partial charge in [0.1, 0.15) is 5.69 Å². The minimum absolute atomic E-state index is 0.00456. The van der Waals surface area contributed by atoms with Crippen LogP contribution in [0.4, 0.5) is 32.0 Å². The molecule has 0 radical (unpaired) electrons. The minimum atomic E-state index is -2.93. The van der Waals surface area contributed by atoms with E-state index < -0.39 is 139 Å². The van der Waals surface area contributed by atoms with E-state index in [1.165, 1.54) is 6.08 Å². The number of hydrogen-bond donors (Lipinski definition) is 2. The normalized spacial score (nSPS) is 30.4. The molecule has 0 spiro atoms. The van der Waals surface area contributed by atoms with Gasteiger partial charge in [0, 0.05) is 18.0 Å². The summed E-state index contributed by atoms with van der Waals surface area (Å²) in [6, 6.07) is 2.98. The number of phenolic OH excluding ortho intramolecular Hbond substituents is 1. The van der Waals surface area contributed by atoms with Crippen molar-refractivity contribution >= 4 is 58.5 Å². The first-order valence-electron chi connectivity index (χ1n) is 13.5. The van der Waals surface area contributed by atoms with Gasteiger partial charge in [0.25, 0.3) is 11.8 Å². The highest BCUT2D eigenvalue weighted by atomic mass is 35.5. The maximum absolute atomic E-state index is 15.0. The van der Waals surface area contributed by atoms with Crippen molar-refractivity contribution in [1.82, 2.24) is 4.90 Å². The molecule has 4 aliphatic rings. The Hall–Kier alpha value is -4.11. The predicted octanol–water partition coefficient (Wildman–Crippen LogP) is 4.26. The van der Waals surface area contributed by atoms with E-state index in [-0.39, 0.29) is 12.0 Å². The van der Waals surface area contributed by atoms with Crippen molar-refractivity contribution in [2.24, 2.45) is 17.8 Å². The van der Waals surface area contributed by atoms with Crippen LogP contribution in [0.3, 0.4) is 0 Å². The highest BCUT2D eigenvalue weighted by molar-refractivity contribution is 6.58. The quantitative estimate of drug-likeness (QED) is 0.120. The van der Waals surface area contributed by atoms with Gasteiger partial charge in [0.05, 0.1) is 18.3 Å². The second-order valence-electron chi connectivity index (χ2n) is 11.3. The van der Waals surface area contributed by atoms with Crippen LogP contribution < -0.4 is 4.90 Å². The van der Waals surface area contributed by atoms with Gasteiger partial charge in [-0.15, -0.1) is 23.2 Å². The molecule has 9 nitrogen and oxygen atoms in total. The van der Waals surface area contributed by atoms with Crippen molar-refractivity contribution in [1.29, 1.82) is 0 Å². The lowest BCUT2D eigenvalue weighted by Gasteiger charge is -2.50. The number of aliphatic carboxylic acids is 1. The van der Waals surface area contributed by atoms with Crippen LogP contribution in [0.5, 0.6) is 5.75 Å². The van der Waals surface area contributed by atoms with Crippen molar-refractivity contribution in [2.75, 3.05) is 11.4 Å². The number of allylic oxidation sites excluding steroid dienone is 2. The number of halogens is 8. The molecule has 46 heavy (non-hydrogen) atoms. The molecule has 0 bridgehead atoms. The third-order valence-corrected chi connectivity index (χ3v) is 10.6. The van der Waals surface area contributed by atoms with Crippen LogP contribution in [0.2, 0.25) is 0 Å². The number of nitrogens with zero attached hydrogens (tertiary/aromatic N) is 2. The first kappa shape index (κ1) is 31.9. The highest BCUT2D eigenvalue weighted by Crippen LogP contribution is 2.66. The molecule has 3 fully saturated rings. The number of carboxylic acid groups (broad SMARTS) is 1. The van der Waals surface area contributed by atoms with Crippen LogP contribution in [0.25, 0.3) is 0 Å². The highest BCUT2D eigenvalue weighted by Gasteiger charge is 2.77. The molecule has 4 amide bonds. The molecule has 242 valence electrons. The van der Waals surface area contributed by atoms with E-state index in [1.807, 2.05) is 0 Å². The first-order chi connectivity index (χ1) is 21.5. The van der Waals surface area contributed by atoms with Gasteiger partial charge in [-0.2, -0.15) is 0 Å². The summed E-state index contributed by atoms with van der Waals surface area (Å²) in [7, 11) is 0. The topological polar surface area (TPSA) is 132 Å². The summed E-state index contributed by atoms with van der Waals surface area (Å²) >= 11 is 13.8. The maximum atomic E-state index is 15.0. The first-order valence-corrected chi connectivity index (χ1v) is 14.3. The van der Waals surface area contributed by atoms with Gasteiger partial charge in [0.15, 0.2) is 44.6 Å². The zero-order valence-electron chi connectivity index (χ0n) is 22.8. The Morgan fingerprint density at radius 3 is 2.11 bits per heavy atom. The minimum Gasteiger partial charge on any atom is -0.505 e. The number of aromatic hydroxyl groups is 1. The Morgan fingerprint density at radius 2 is 1.50 bits per heavy atom. The van der Waals surface area contributed by atoms with Crippen molar-refractivity contribution in [2.45, 2.75) is 34.9 Å². The number of fused-ring (bicyclic) bond motifs is 4. The molecule has 6 atom stereocenters. The molecule has 2 aliphatic heterocycles. The summed E-state index contributed by atoms with van der Waals surface area (Å²) in [5, 5.41) is 19.9. The zero-order chi connectivity index (χ0) is 33.8. The van der Waals surface area contributed by atoms with Gasteiger partial charge in [0.2, 0.25) is 17.6 Å². The van der Waals surface area contributed by atoms with Gasteiger partial charge < -0.3 is 10.2 Å². The fraction of sp³-hybridized carbons (Fsp3) is 0.345. The number of rotatable bonds is 5. The largest absolute Gasteiger partial charge is 0.505 e. The average molecular weight is 691 g/mol. The van der Waals surface area contributed by atoms with Gasteiger partial charge in [-0.05, 0) is 24.8 Å². The summed E-state index contributed by atoms with van der Waals surface area (Å²) < 4.78 is 87.2. The summed E-state index contributed by atoms with van der Waals surface area (Å²) in [6.07, 6.45) is -0.259. The van der Waals surface area contributed by atoms with Gasteiger partial charge in [-0.1, -0.05) is 23.8 Å². The van der Waals surface area contributed by atoms with E-state index in [1.54, 1.807) is 0 Å².